The zero-order chi connectivity index (χ0) is 22.1. The molecule has 1 unspecified atom stereocenters. The van der Waals surface area contributed by atoms with Gasteiger partial charge in [-0.15, -0.1) is 21.5 Å². The molecule has 160 valence electrons. The Balaban J connectivity index is 1.34. The normalized spacial score (nSPS) is 12.3. The molecule has 0 radical (unpaired) electrons. The van der Waals surface area contributed by atoms with Crippen molar-refractivity contribution >= 4 is 56.2 Å². The van der Waals surface area contributed by atoms with Crippen LogP contribution >= 0.6 is 23.1 Å². The Labute approximate surface area is 192 Å². The summed E-state index contributed by atoms with van der Waals surface area (Å²) in [5.74, 6) is -0.118. The summed E-state index contributed by atoms with van der Waals surface area (Å²) in [5.41, 5.74) is 4.44. The topological polar surface area (TPSA) is 85.6 Å². The monoisotopic (exact) mass is 460 g/mol. The van der Waals surface area contributed by atoms with E-state index < -0.39 is 0 Å². The Morgan fingerprint density at radius 3 is 2.69 bits per heavy atom. The van der Waals surface area contributed by atoms with Crippen molar-refractivity contribution in [1.82, 2.24) is 24.7 Å². The van der Waals surface area contributed by atoms with Gasteiger partial charge in [0.05, 0.1) is 16.5 Å². The van der Waals surface area contributed by atoms with E-state index in [0.29, 0.717) is 16.7 Å². The summed E-state index contributed by atoms with van der Waals surface area (Å²) in [6.45, 7) is 1.97. The third kappa shape index (κ3) is 3.85. The lowest BCUT2D eigenvalue weighted by Crippen LogP contribution is -2.24. The minimum atomic E-state index is -0.354. The van der Waals surface area contributed by atoms with Crippen LogP contribution in [0.3, 0.4) is 0 Å². The summed E-state index contributed by atoms with van der Waals surface area (Å²) in [4.78, 5) is 22.2. The smallest absolute Gasteiger partial charge is 0.239 e. The number of hydrogen-bond donors (Lipinski definition) is 1. The first kappa shape index (κ1) is 20.6. The molecule has 1 atom stereocenters. The fraction of sp³-hybridized carbons (Fsp3) is 0.174. The molecule has 9 heteroatoms. The molecule has 0 aliphatic carbocycles. The summed E-state index contributed by atoms with van der Waals surface area (Å²) >= 11 is 2.73. The van der Waals surface area contributed by atoms with Gasteiger partial charge in [-0.05, 0) is 12.5 Å². The molecule has 0 spiro atoms. The summed E-state index contributed by atoms with van der Waals surface area (Å²) in [6.07, 6.45) is 0.629. The van der Waals surface area contributed by atoms with Crippen molar-refractivity contribution in [1.29, 1.82) is 0 Å². The van der Waals surface area contributed by atoms with Gasteiger partial charge in [-0.2, -0.15) is 0 Å². The molecule has 0 saturated heterocycles. The number of carbonyl (C=O) groups excluding carboxylic acids is 1. The van der Waals surface area contributed by atoms with Crippen molar-refractivity contribution in [3.63, 3.8) is 0 Å². The van der Waals surface area contributed by atoms with Crippen LogP contribution in [0.5, 0.6) is 0 Å². The van der Waals surface area contributed by atoms with E-state index in [-0.39, 0.29) is 11.2 Å². The van der Waals surface area contributed by atoms with Crippen LogP contribution in [0.15, 0.2) is 65.1 Å². The highest BCUT2D eigenvalue weighted by atomic mass is 32.2. The van der Waals surface area contributed by atoms with Crippen molar-refractivity contribution in [2.24, 2.45) is 7.05 Å². The third-order valence-corrected chi connectivity index (χ3v) is 7.18. The van der Waals surface area contributed by atoms with Crippen LogP contribution in [0, 0.1) is 0 Å². The minimum Gasteiger partial charge on any atom is -0.327 e. The highest BCUT2D eigenvalue weighted by molar-refractivity contribution is 8.00. The van der Waals surface area contributed by atoms with Crippen molar-refractivity contribution < 1.29 is 4.79 Å². The van der Waals surface area contributed by atoms with Gasteiger partial charge in [-0.3, -0.25) is 4.79 Å². The highest BCUT2D eigenvalue weighted by Gasteiger charge is 2.22. The van der Waals surface area contributed by atoms with Crippen LogP contribution in [-0.4, -0.2) is 35.9 Å². The van der Waals surface area contributed by atoms with Crippen LogP contribution in [0.25, 0.3) is 33.3 Å². The zero-order valence-corrected chi connectivity index (χ0v) is 19.2. The number of thioether (sulfide) groups is 1. The molecule has 32 heavy (non-hydrogen) atoms. The molecule has 0 bridgehead atoms. The van der Waals surface area contributed by atoms with Crippen molar-refractivity contribution in [2.75, 3.05) is 5.32 Å². The number of fused-ring (bicyclic) bond motifs is 3. The second-order valence-electron chi connectivity index (χ2n) is 7.25. The Hall–Kier alpha value is -3.30. The van der Waals surface area contributed by atoms with E-state index in [0.717, 1.165) is 33.3 Å². The summed E-state index contributed by atoms with van der Waals surface area (Å²) < 4.78 is 2.01. The van der Waals surface area contributed by atoms with E-state index in [1.54, 1.807) is 0 Å². The molecular formula is C23H20N6OS2. The number of aromatic nitrogens is 5. The van der Waals surface area contributed by atoms with Crippen molar-refractivity contribution in [3.05, 3.63) is 60.0 Å². The molecule has 5 aromatic rings. The van der Waals surface area contributed by atoms with Crippen LogP contribution in [0.1, 0.15) is 13.3 Å². The Morgan fingerprint density at radius 2 is 1.88 bits per heavy atom. The number of para-hydroxylation sites is 1. The molecule has 7 nitrogen and oxygen atoms in total. The Bertz CT molecular complexity index is 1410. The van der Waals surface area contributed by atoms with E-state index in [9.17, 15) is 4.79 Å². The quantitative estimate of drug-likeness (QED) is 0.353. The van der Waals surface area contributed by atoms with Gasteiger partial charge in [-0.25, -0.2) is 9.97 Å². The Kier molecular flexibility index (Phi) is 5.59. The molecule has 5 rings (SSSR count). The number of rotatable bonds is 6. The molecule has 0 aliphatic heterocycles. The second kappa shape index (κ2) is 8.68. The van der Waals surface area contributed by atoms with E-state index >= 15 is 0 Å². The molecule has 0 aliphatic rings. The minimum absolute atomic E-state index is 0.118. The first-order chi connectivity index (χ1) is 15.6. The van der Waals surface area contributed by atoms with Crippen molar-refractivity contribution in [2.45, 2.75) is 23.8 Å². The van der Waals surface area contributed by atoms with Gasteiger partial charge in [0.2, 0.25) is 11.1 Å². The van der Waals surface area contributed by atoms with Gasteiger partial charge in [0.1, 0.15) is 5.52 Å². The fourth-order valence-electron chi connectivity index (χ4n) is 3.55. The number of aryl methyl sites for hydroxylation is 1. The number of anilines is 1. The number of carbonyl (C=O) groups is 1. The van der Waals surface area contributed by atoms with Gasteiger partial charge in [0.25, 0.3) is 0 Å². The zero-order valence-electron chi connectivity index (χ0n) is 17.5. The average Bonchev–Trinajstić information content (AvgIpc) is 3.41. The number of nitrogens with zero attached hydrogens (tertiary/aromatic N) is 5. The van der Waals surface area contributed by atoms with E-state index in [1.165, 1.54) is 23.1 Å². The molecule has 0 fully saturated rings. The molecule has 3 heterocycles. The second-order valence-corrected chi connectivity index (χ2v) is 9.28. The summed E-state index contributed by atoms with van der Waals surface area (Å²) in [7, 11) is 1.96. The van der Waals surface area contributed by atoms with Crippen LogP contribution in [0.2, 0.25) is 0 Å². The number of hydrogen-bond acceptors (Lipinski definition) is 7. The third-order valence-electron chi connectivity index (χ3n) is 5.20. The molecule has 2 aromatic carbocycles. The van der Waals surface area contributed by atoms with E-state index in [1.807, 2.05) is 78.5 Å². The van der Waals surface area contributed by atoms with Crippen LogP contribution < -0.4 is 5.32 Å². The van der Waals surface area contributed by atoms with E-state index in [4.69, 9.17) is 4.98 Å². The van der Waals surface area contributed by atoms with Gasteiger partial charge >= 0.3 is 0 Å². The lowest BCUT2D eigenvalue weighted by atomic mass is 10.2. The molecule has 3 aromatic heterocycles. The SMILES string of the molecule is CCC(Sc1nnc2c3ccccc3n(C)c2n1)C(=O)Nc1nc(-c2ccccc2)cs1. The molecule has 0 saturated carbocycles. The number of nitrogens with one attached hydrogen (secondary N) is 1. The predicted octanol–water partition coefficient (Wildman–Crippen LogP) is 5.15. The summed E-state index contributed by atoms with van der Waals surface area (Å²) in [5, 5.41) is 15.3. The summed E-state index contributed by atoms with van der Waals surface area (Å²) in [6, 6.07) is 17.9. The lowest BCUT2D eigenvalue weighted by Gasteiger charge is -2.12. The predicted molar refractivity (Wildman–Crippen MR) is 130 cm³/mol. The maximum Gasteiger partial charge on any atom is 0.239 e. The van der Waals surface area contributed by atoms with Gasteiger partial charge < -0.3 is 9.88 Å². The van der Waals surface area contributed by atoms with Crippen LogP contribution in [0.4, 0.5) is 5.13 Å². The lowest BCUT2D eigenvalue weighted by molar-refractivity contribution is -0.115. The maximum atomic E-state index is 12.9. The van der Waals surface area contributed by atoms with Gasteiger partial charge in [-0.1, -0.05) is 67.2 Å². The van der Waals surface area contributed by atoms with Gasteiger partial charge in [0, 0.05) is 23.4 Å². The first-order valence-corrected chi connectivity index (χ1v) is 12.0. The number of thiazole rings is 1. The largest absolute Gasteiger partial charge is 0.327 e. The average molecular weight is 461 g/mol. The number of amides is 1. The van der Waals surface area contributed by atoms with Crippen LogP contribution in [-0.2, 0) is 11.8 Å². The first-order valence-electron chi connectivity index (χ1n) is 10.2. The van der Waals surface area contributed by atoms with Crippen molar-refractivity contribution in [3.8, 4) is 11.3 Å². The van der Waals surface area contributed by atoms with Gasteiger partial charge in [0.15, 0.2) is 10.8 Å². The molecule has 1 amide bonds. The molecular weight excluding hydrogens is 440 g/mol. The van der Waals surface area contributed by atoms with E-state index in [2.05, 4.69) is 20.5 Å². The fourth-order valence-corrected chi connectivity index (χ4v) is 5.09. The molecule has 1 N–H and O–H groups in total. The standard InChI is InChI=1S/C23H20N6OS2/c1-3-18(21(30)26-22-24-16(13-31-22)14-9-5-4-6-10-14)32-23-25-20-19(27-28-23)15-11-7-8-12-17(15)29(20)2/h4-13,18H,3H2,1-2H3,(H,24,26,30). The Morgan fingerprint density at radius 1 is 1.09 bits per heavy atom. The highest BCUT2D eigenvalue weighted by Crippen LogP contribution is 2.29. The number of benzene rings is 2. The maximum absolute atomic E-state index is 12.9.